The van der Waals surface area contributed by atoms with Gasteiger partial charge >= 0.3 is 0 Å². The summed E-state index contributed by atoms with van der Waals surface area (Å²) in [5.41, 5.74) is 10.2. The van der Waals surface area contributed by atoms with Crippen LogP contribution in [0.25, 0.3) is 0 Å². The van der Waals surface area contributed by atoms with E-state index in [1.54, 1.807) is 6.21 Å². The van der Waals surface area contributed by atoms with Gasteiger partial charge in [0.25, 0.3) is 0 Å². The van der Waals surface area contributed by atoms with E-state index in [1.165, 1.54) is 5.56 Å². The number of amides is 2. The fraction of sp³-hybridized carbons (Fsp3) is 0.267. The van der Waals surface area contributed by atoms with Crippen LogP contribution < -0.4 is 16.3 Å². The Morgan fingerprint density at radius 1 is 1.38 bits per heavy atom. The minimum Gasteiger partial charge on any atom is -0.303 e. The van der Waals surface area contributed by atoms with E-state index in [4.69, 9.17) is 0 Å². The van der Waals surface area contributed by atoms with Crippen molar-refractivity contribution in [2.24, 2.45) is 11.0 Å². The Bertz CT molecular complexity index is 562. The van der Waals surface area contributed by atoms with Crippen LogP contribution in [-0.4, -0.2) is 18.0 Å². The summed E-state index contributed by atoms with van der Waals surface area (Å²) in [6.07, 6.45) is 2.20. The van der Waals surface area contributed by atoms with Gasteiger partial charge in [-0.05, 0) is 18.9 Å². The largest absolute Gasteiger partial charge is 0.303 e. The molecule has 0 saturated carbocycles. The fourth-order valence-corrected chi connectivity index (χ4v) is 1.94. The third-order valence-corrected chi connectivity index (χ3v) is 3.22. The number of hydrazine groups is 1. The molecule has 0 unspecified atom stereocenters. The smallest absolute Gasteiger partial charge is 0.247 e. The Morgan fingerprint density at radius 2 is 2.10 bits per heavy atom. The van der Waals surface area contributed by atoms with Crippen molar-refractivity contribution in [2.75, 3.05) is 0 Å². The molecule has 0 aromatic heterocycles. The fourth-order valence-electron chi connectivity index (χ4n) is 1.94. The highest BCUT2D eigenvalue weighted by Crippen LogP contribution is 2.17. The zero-order valence-electron chi connectivity index (χ0n) is 11.8. The number of aryl methyl sites for hydroxylation is 1. The number of benzene rings is 1. The van der Waals surface area contributed by atoms with Crippen molar-refractivity contribution in [3.8, 4) is 0 Å². The van der Waals surface area contributed by atoms with Gasteiger partial charge < -0.3 is 5.43 Å². The molecule has 1 aliphatic heterocycles. The molecule has 2 rings (SSSR count). The molecule has 2 amide bonds. The standard InChI is InChI=1S/C15H18N4O2/c1-10-3-5-12(6-4-10)9-16-18-14(20)8-7-13-11(2)17-19-15(13)21/h3-6,9,13,17H,2,7-8H2,1H3,(H,18,20)(H,19,21)/t13-/m0/s1. The summed E-state index contributed by atoms with van der Waals surface area (Å²) in [6.45, 7) is 5.72. The molecule has 110 valence electrons. The van der Waals surface area contributed by atoms with E-state index in [9.17, 15) is 9.59 Å². The molecule has 0 radical (unpaired) electrons. The Kier molecular flexibility index (Phi) is 4.71. The second-order valence-corrected chi connectivity index (χ2v) is 4.93. The Hall–Kier alpha value is -2.63. The zero-order valence-corrected chi connectivity index (χ0v) is 11.8. The van der Waals surface area contributed by atoms with Gasteiger partial charge in [-0.15, -0.1) is 0 Å². The maximum Gasteiger partial charge on any atom is 0.247 e. The highest BCUT2D eigenvalue weighted by Gasteiger charge is 2.27. The number of rotatable bonds is 5. The average Bonchev–Trinajstić information content (AvgIpc) is 2.78. The van der Waals surface area contributed by atoms with E-state index in [-0.39, 0.29) is 24.2 Å². The van der Waals surface area contributed by atoms with Gasteiger partial charge in [-0.2, -0.15) is 5.10 Å². The maximum atomic E-state index is 11.7. The van der Waals surface area contributed by atoms with Gasteiger partial charge in [0.05, 0.1) is 12.1 Å². The molecule has 6 nitrogen and oxygen atoms in total. The molecular weight excluding hydrogens is 268 g/mol. The third-order valence-electron chi connectivity index (χ3n) is 3.22. The van der Waals surface area contributed by atoms with Crippen LogP contribution in [0, 0.1) is 12.8 Å². The van der Waals surface area contributed by atoms with Gasteiger partial charge in [0.15, 0.2) is 0 Å². The first kappa shape index (κ1) is 14.8. The first-order chi connectivity index (χ1) is 10.1. The van der Waals surface area contributed by atoms with E-state index in [1.807, 2.05) is 31.2 Å². The van der Waals surface area contributed by atoms with Crippen molar-refractivity contribution in [3.05, 3.63) is 47.7 Å². The summed E-state index contributed by atoms with van der Waals surface area (Å²) < 4.78 is 0. The van der Waals surface area contributed by atoms with Crippen LogP contribution in [0.2, 0.25) is 0 Å². The summed E-state index contributed by atoms with van der Waals surface area (Å²) >= 11 is 0. The molecule has 0 bridgehead atoms. The Labute approximate surface area is 123 Å². The minimum absolute atomic E-state index is 0.157. The summed E-state index contributed by atoms with van der Waals surface area (Å²) in [4.78, 5) is 23.1. The van der Waals surface area contributed by atoms with E-state index in [0.29, 0.717) is 12.1 Å². The SMILES string of the molecule is C=C1NNC(=O)[C@H]1CCC(=O)NN=Cc1ccc(C)cc1. The van der Waals surface area contributed by atoms with Crippen molar-refractivity contribution < 1.29 is 9.59 Å². The summed E-state index contributed by atoms with van der Waals surface area (Å²) in [6, 6.07) is 7.79. The third kappa shape index (κ3) is 4.17. The van der Waals surface area contributed by atoms with E-state index >= 15 is 0 Å². The second kappa shape index (κ2) is 6.69. The highest BCUT2D eigenvalue weighted by atomic mass is 16.2. The molecule has 1 aromatic rings. The summed E-state index contributed by atoms with van der Waals surface area (Å²) in [5.74, 6) is -0.751. The lowest BCUT2D eigenvalue weighted by Gasteiger charge is -2.05. The lowest BCUT2D eigenvalue weighted by Crippen LogP contribution is -2.26. The topological polar surface area (TPSA) is 82.6 Å². The molecule has 0 aliphatic carbocycles. The van der Waals surface area contributed by atoms with Crippen LogP contribution in [0.5, 0.6) is 0 Å². The van der Waals surface area contributed by atoms with E-state index in [2.05, 4.69) is 28.0 Å². The van der Waals surface area contributed by atoms with Crippen molar-refractivity contribution >= 4 is 18.0 Å². The second-order valence-electron chi connectivity index (χ2n) is 4.93. The van der Waals surface area contributed by atoms with Crippen molar-refractivity contribution in [1.82, 2.24) is 16.3 Å². The van der Waals surface area contributed by atoms with Crippen molar-refractivity contribution in [2.45, 2.75) is 19.8 Å². The molecule has 0 spiro atoms. The van der Waals surface area contributed by atoms with Crippen molar-refractivity contribution in [3.63, 3.8) is 0 Å². The van der Waals surface area contributed by atoms with Gasteiger partial charge in [0, 0.05) is 12.1 Å². The molecule has 1 fully saturated rings. The monoisotopic (exact) mass is 286 g/mol. The van der Waals surface area contributed by atoms with Crippen LogP contribution in [0.15, 0.2) is 41.6 Å². The zero-order chi connectivity index (χ0) is 15.2. The lowest BCUT2D eigenvalue weighted by molar-refractivity contribution is -0.123. The first-order valence-electron chi connectivity index (χ1n) is 6.69. The minimum atomic E-state index is -0.364. The molecule has 3 N–H and O–H groups in total. The predicted octanol–water partition coefficient (Wildman–Crippen LogP) is 0.990. The van der Waals surface area contributed by atoms with Gasteiger partial charge in [-0.3, -0.25) is 15.0 Å². The Morgan fingerprint density at radius 3 is 2.71 bits per heavy atom. The van der Waals surface area contributed by atoms with Crippen LogP contribution in [0.1, 0.15) is 24.0 Å². The van der Waals surface area contributed by atoms with Crippen LogP contribution in [0.3, 0.4) is 0 Å². The quantitative estimate of drug-likeness (QED) is 0.557. The van der Waals surface area contributed by atoms with Crippen molar-refractivity contribution in [1.29, 1.82) is 0 Å². The predicted molar refractivity (Wildman–Crippen MR) is 80.1 cm³/mol. The first-order valence-corrected chi connectivity index (χ1v) is 6.69. The lowest BCUT2D eigenvalue weighted by atomic mass is 10.0. The molecule has 1 heterocycles. The van der Waals surface area contributed by atoms with Crippen LogP contribution >= 0.6 is 0 Å². The number of hydrazone groups is 1. The maximum absolute atomic E-state index is 11.7. The molecule has 1 aliphatic rings. The molecule has 6 heteroatoms. The normalized spacial score (nSPS) is 17.7. The number of carbonyl (C=O) groups excluding carboxylic acids is 2. The van der Waals surface area contributed by atoms with Gasteiger partial charge in [0.2, 0.25) is 11.8 Å². The summed E-state index contributed by atoms with van der Waals surface area (Å²) in [5, 5.41) is 3.89. The Balaban J connectivity index is 1.76. The molecule has 1 aromatic carbocycles. The molecular formula is C15H18N4O2. The van der Waals surface area contributed by atoms with E-state index < -0.39 is 0 Å². The van der Waals surface area contributed by atoms with E-state index in [0.717, 1.165) is 5.56 Å². The van der Waals surface area contributed by atoms with Gasteiger partial charge in [0.1, 0.15) is 0 Å². The highest BCUT2D eigenvalue weighted by molar-refractivity contribution is 5.85. The number of nitrogens with one attached hydrogen (secondary N) is 3. The number of nitrogens with zero attached hydrogens (tertiary/aromatic N) is 1. The molecule has 1 atom stereocenters. The number of hydrogen-bond donors (Lipinski definition) is 3. The van der Waals surface area contributed by atoms with Gasteiger partial charge in [-0.25, -0.2) is 5.43 Å². The summed E-state index contributed by atoms with van der Waals surface area (Å²) in [7, 11) is 0. The number of carbonyl (C=O) groups is 2. The van der Waals surface area contributed by atoms with Crippen LogP contribution in [-0.2, 0) is 9.59 Å². The number of hydrogen-bond acceptors (Lipinski definition) is 4. The van der Waals surface area contributed by atoms with Gasteiger partial charge in [-0.1, -0.05) is 36.4 Å². The van der Waals surface area contributed by atoms with Crippen LogP contribution in [0.4, 0.5) is 0 Å². The molecule has 1 saturated heterocycles. The average molecular weight is 286 g/mol. The molecule has 21 heavy (non-hydrogen) atoms.